The summed E-state index contributed by atoms with van der Waals surface area (Å²) in [6, 6.07) is 30.4. The first-order chi connectivity index (χ1) is 14.6. The third kappa shape index (κ3) is 6.77. The van der Waals surface area contributed by atoms with Crippen molar-refractivity contribution >= 4 is 23.1 Å². The predicted molar refractivity (Wildman–Crippen MR) is 129 cm³/mol. The van der Waals surface area contributed by atoms with Gasteiger partial charge in [0.05, 0.1) is 23.5 Å². The fraction of sp³-hybridized carbons (Fsp3) is 0.231. The summed E-state index contributed by atoms with van der Waals surface area (Å²) in [6.07, 6.45) is 2.27. The van der Waals surface area contributed by atoms with E-state index in [0.29, 0.717) is 5.92 Å². The van der Waals surface area contributed by atoms with Crippen LogP contribution in [0.4, 0.5) is 11.4 Å². The van der Waals surface area contributed by atoms with Gasteiger partial charge in [-0.2, -0.15) is 0 Å². The van der Waals surface area contributed by atoms with Crippen LogP contribution in [0.25, 0.3) is 0 Å². The van der Waals surface area contributed by atoms with Crippen molar-refractivity contribution in [3.63, 3.8) is 0 Å². The number of hydrazine groups is 1. The topological polar surface area (TPSA) is 35.5 Å². The molecule has 0 spiro atoms. The van der Waals surface area contributed by atoms with Gasteiger partial charge in [0.15, 0.2) is 0 Å². The second-order valence-electron chi connectivity index (χ2n) is 7.62. The lowest BCUT2D eigenvalue weighted by Gasteiger charge is -2.32. The van der Waals surface area contributed by atoms with Crippen molar-refractivity contribution in [2.75, 3.05) is 5.01 Å². The number of nitrogens with one attached hydrogen (secondary N) is 1. The zero-order valence-electron chi connectivity index (χ0n) is 17.6. The summed E-state index contributed by atoms with van der Waals surface area (Å²) in [5, 5.41) is 15.1. The van der Waals surface area contributed by atoms with Crippen LogP contribution in [-0.2, 0) is 0 Å². The molecule has 30 heavy (non-hydrogen) atoms. The number of rotatable bonds is 10. The Bertz CT molecular complexity index is 845. The SMILES string of the molecule is CC(C)C[C@H](O)[C@@H](/C=C/Sc1ccccc1)NN(c1ccccc1)c1ccccc1. The molecule has 0 fully saturated rings. The van der Waals surface area contributed by atoms with E-state index in [4.69, 9.17) is 0 Å². The molecule has 0 radical (unpaired) electrons. The van der Waals surface area contributed by atoms with Crippen molar-refractivity contribution in [1.82, 2.24) is 5.43 Å². The molecule has 0 amide bonds. The standard InChI is InChI=1S/C26H30N2OS/c1-21(2)20-26(29)25(18-19-30-24-16-10-5-11-17-24)27-28(22-12-6-3-7-13-22)23-14-8-4-9-15-23/h3-19,21,25-27,29H,20H2,1-2H3/b19-18+/t25-,26+/m1/s1. The largest absolute Gasteiger partial charge is 0.391 e. The van der Waals surface area contributed by atoms with Crippen molar-refractivity contribution in [2.45, 2.75) is 37.3 Å². The van der Waals surface area contributed by atoms with Crippen LogP contribution in [-0.4, -0.2) is 17.3 Å². The molecule has 0 heterocycles. The molecule has 156 valence electrons. The van der Waals surface area contributed by atoms with Gasteiger partial charge in [-0.05, 0) is 54.1 Å². The highest BCUT2D eigenvalue weighted by molar-refractivity contribution is 8.02. The Morgan fingerprint density at radius 2 is 1.33 bits per heavy atom. The Kier molecular flexibility index (Phi) is 8.57. The van der Waals surface area contributed by atoms with Gasteiger partial charge in [0.25, 0.3) is 0 Å². The van der Waals surface area contributed by atoms with Gasteiger partial charge in [0.2, 0.25) is 0 Å². The van der Waals surface area contributed by atoms with E-state index < -0.39 is 6.10 Å². The van der Waals surface area contributed by atoms with Crippen LogP contribution in [0.5, 0.6) is 0 Å². The molecule has 0 saturated carbocycles. The van der Waals surface area contributed by atoms with Crippen LogP contribution >= 0.6 is 11.8 Å². The first-order valence-electron chi connectivity index (χ1n) is 10.4. The maximum absolute atomic E-state index is 11.0. The molecule has 3 nitrogen and oxygen atoms in total. The van der Waals surface area contributed by atoms with E-state index in [9.17, 15) is 5.11 Å². The number of anilines is 2. The highest BCUT2D eigenvalue weighted by Crippen LogP contribution is 2.25. The van der Waals surface area contributed by atoms with E-state index in [2.05, 4.69) is 67.2 Å². The fourth-order valence-electron chi connectivity index (χ4n) is 3.19. The molecule has 3 rings (SSSR count). The molecule has 0 aliphatic heterocycles. The quantitative estimate of drug-likeness (QED) is 0.294. The van der Waals surface area contributed by atoms with Crippen molar-refractivity contribution in [3.05, 3.63) is 102 Å². The number of benzene rings is 3. The van der Waals surface area contributed by atoms with Gasteiger partial charge in [-0.1, -0.05) is 86.3 Å². The monoisotopic (exact) mass is 418 g/mol. The molecule has 0 unspecified atom stereocenters. The Morgan fingerprint density at radius 1 is 0.833 bits per heavy atom. The number of aliphatic hydroxyl groups is 1. The highest BCUT2D eigenvalue weighted by Gasteiger charge is 2.21. The van der Waals surface area contributed by atoms with Gasteiger partial charge in [0.1, 0.15) is 0 Å². The number of aliphatic hydroxyl groups excluding tert-OH is 1. The van der Waals surface area contributed by atoms with E-state index in [1.54, 1.807) is 11.8 Å². The molecular formula is C26H30N2OS. The third-order valence-electron chi connectivity index (χ3n) is 4.67. The second kappa shape index (κ2) is 11.6. The van der Waals surface area contributed by atoms with E-state index in [-0.39, 0.29) is 6.04 Å². The fourth-order valence-corrected chi connectivity index (χ4v) is 3.91. The molecule has 0 aromatic heterocycles. The number of thioether (sulfide) groups is 1. The molecule has 0 saturated heterocycles. The minimum Gasteiger partial charge on any atom is -0.391 e. The lowest BCUT2D eigenvalue weighted by molar-refractivity contribution is 0.122. The van der Waals surface area contributed by atoms with Crippen LogP contribution in [0, 0.1) is 5.92 Å². The average Bonchev–Trinajstić information content (AvgIpc) is 2.77. The summed E-state index contributed by atoms with van der Waals surface area (Å²) in [5.74, 6) is 0.404. The Morgan fingerprint density at radius 3 is 1.83 bits per heavy atom. The average molecular weight is 419 g/mol. The second-order valence-corrected chi connectivity index (χ2v) is 8.60. The van der Waals surface area contributed by atoms with Gasteiger partial charge in [-0.3, -0.25) is 5.01 Å². The van der Waals surface area contributed by atoms with Gasteiger partial charge >= 0.3 is 0 Å². The first kappa shape index (κ1) is 22.2. The summed E-state index contributed by atoms with van der Waals surface area (Å²) in [6.45, 7) is 4.27. The van der Waals surface area contributed by atoms with E-state index in [0.717, 1.165) is 17.8 Å². The number of nitrogens with zero attached hydrogens (tertiary/aromatic N) is 1. The summed E-state index contributed by atoms with van der Waals surface area (Å²) < 4.78 is 0. The Balaban J connectivity index is 1.84. The molecule has 2 N–H and O–H groups in total. The third-order valence-corrected chi connectivity index (χ3v) is 5.51. The van der Waals surface area contributed by atoms with Crippen LogP contribution in [0.1, 0.15) is 20.3 Å². The maximum atomic E-state index is 11.0. The maximum Gasteiger partial charge on any atom is 0.0749 e. The number of para-hydroxylation sites is 2. The molecule has 4 heteroatoms. The molecule has 2 atom stereocenters. The van der Waals surface area contributed by atoms with Crippen molar-refractivity contribution in [2.24, 2.45) is 5.92 Å². The minimum absolute atomic E-state index is 0.232. The van der Waals surface area contributed by atoms with E-state index in [1.807, 2.05) is 59.6 Å². The molecular weight excluding hydrogens is 388 g/mol. The Labute approximate surface area is 184 Å². The van der Waals surface area contributed by atoms with Crippen LogP contribution < -0.4 is 10.4 Å². The van der Waals surface area contributed by atoms with Gasteiger partial charge in [0, 0.05) is 4.90 Å². The Hall–Kier alpha value is -2.53. The molecule has 0 bridgehead atoms. The molecule has 3 aromatic carbocycles. The van der Waals surface area contributed by atoms with Gasteiger partial charge in [-0.15, -0.1) is 0 Å². The smallest absolute Gasteiger partial charge is 0.0749 e. The zero-order chi connectivity index (χ0) is 21.2. The highest BCUT2D eigenvalue weighted by atomic mass is 32.2. The lowest BCUT2D eigenvalue weighted by atomic mass is 10.0. The van der Waals surface area contributed by atoms with Crippen molar-refractivity contribution < 1.29 is 5.11 Å². The number of hydrogen-bond acceptors (Lipinski definition) is 4. The molecule has 0 aliphatic carbocycles. The van der Waals surface area contributed by atoms with Gasteiger partial charge in [-0.25, -0.2) is 5.43 Å². The van der Waals surface area contributed by atoms with E-state index >= 15 is 0 Å². The molecule has 3 aromatic rings. The minimum atomic E-state index is -0.507. The van der Waals surface area contributed by atoms with Crippen LogP contribution in [0.2, 0.25) is 0 Å². The van der Waals surface area contributed by atoms with Crippen LogP contribution in [0.15, 0.2) is 107 Å². The zero-order valence-corrected chi connectivity index (χ0v) is 18.4. The first-order valence-corrected chi connectivity index (χ1v) is 11.2. The van der Waals surface area contributed by atoms with Crippen molar-refractivity contribution in [1.29, 1.82) is 0 Å². The summed E-state index contributed by atoms with van der Waals surface area (Å²) in [7, 11) is 0. The normalized spacial score (nSPS) is 13.5. The van der Waals surface area contributed by atoms with Gasteiger partial charge < -0.3 is 5.11 Å². The van der Waals surface area contributed by atoms with E-state index in [1.165, 1.54) is 4.90 Å². The van der Waals surface area contributed by atoms with Crippen molar-refractivity contribution in [3.8, 4) is 0 Å². The predicted octanol–water partition coefficient (Wildman–Crippen LogP) is 6.41. The summed E-state index contributed by atoms with van der Waals surface area (Å²) in [4.78, 5) is 1.17. The lowest BCUT2D eigenvalue weighted by Crippen LogP contribution is -2.47. The molecule has 0 aliphatic rings. The summed E-state index contributed by atoms with van der Waals surface area (Å²) in [5.41, 5.74) is 5.61. The van der Waals surface area contributed by atoms with Crippen LogP contribution in [0.3, 0.4) is 0 Å². The number of hydrogen-bond donors (Lipinski definition) is 2. The summed E-state index contributed by atoms with van der Waals surface area (Å²) >= 11 is 1.65.